The van der Waals surface area contributed by atoms with Gasteiger partial charge in [0.1, 0.15) is 0 Å². The molecule has 2 amide bonds. The molecule has 0 fully saturated rings. The van der Waals surface area contributed by atoms with E-state index in [1.54, 1.807) is 11.9 Å². The summed E-state index contributed by atoms with van der Waals surface area (Å²) in [7, 11) is 1.77. The molecule has 122 valence electrons. The van der Waals surface area contributed by atoms with E-state index in [0.29, 0.717) is 32.5 Å². The van der Waals surface area contributed by atoms with Crippen LogP contribution in [-0.4, -0.2) is 43.4 Å². The first-order chi connectivity index (χ1) is 10.3. The number of nitrogens with two attached hydrogens (primary N) is 1. The Morgan fingerprint density at radius 2 is 1.86 bits per heavy atom. The quantitative estimate of drug-likeness (QED) is 0.757. The molecule has 0 atom stereocenters. The minimum Gasteiger partial charge on any atom is -0.355 e. The molecule has 0 spiro atoms. The highest BCUT2D eigenvalue weighted by Crippen LogP contribution is 2.14. The molecule has 3 N–H and O–H groups in total. The Morgan fingerprint density at radius 1 is 1.23 bits per heavy atom. The largest absolute Gasteiger partial charge is 0.355 e. The van der Waals surface area contributed by atoms with E-state index in [-0.39, 0.29) is 17.2 Å². The summed E-state index contributed by atoms with van der Waals surface area (Å²) in [6, 6.07) is 9.54. The van der Waals surface area contributed by atoms with Crippen LogP contribution in [0.2, 0.25) is 0 Å². The van der Waals surface area contributed by atoms with Crippen LogP contribution in [0.1, 0.15) is 25.8 Å². The number of benzene rings is 1. The molecule has 1 aromatic rings. The van der Waals surface area contributed by atoms with Crippen molar-refractivity contribution in [3.05, 3.63) is 35.9 Å². The van der Waals surface area contributed by atoms with Gasteiger partial charge in [-0.2, -0.15) is 0 Å². The third-order valence-corrected chi connectivity index (χ3v) is 3.51. The molecule has 0 bridgehead atoms. The number of amides is 2. The summed E-state index contributed by atoms with van der Waals surface area (Å²) in [6.07, 6.45) is 0.642. The highest BCUT2D eigenvalue weighted by atomic mass is 16.2. The van der Waals surface area contributed by atoms with Crippen LogP contribution in [0.15, 0.2) is 30.3 Å². The Balaban J connectivity index is 2.28. The van der Waals surface area contributed by atoms with Crippen LogP contribution in [0.25, 0.3) is 0 Å². The molecule has 0 aliphatic heterocycles. The second-order valence-electron chi connectivity index (χ2n) is 6.38. The van der Waals surface area contributed by atoms with Gasteiger partial charge in [-0.25, -0.2) is 0 Å². The molecule has 0 aliphatic rings. The van der Waals surface area contributed by atoms with E-state index < -0.39 is 0 Å². The van der Waals surface area contributed by atoms with Gasteiger partial charge < -0.3 is 16.0 Å². The molecule has 1 aromatic carbocycles. The normalized spacial score (nSPS) is 11.1. The van der Waals surface area contributed by atoms with Crippen LogP contribution >= 0.6 is 0 Å². The summed E-state index contributed by atoms with van der Waals surface area (Å²) in [5.41, 5.74) is 6.54. The van der Waals surface area contributed by atoms with E-state index in [2.05, 4.69) is 5.32 Å². The van der Waals surface area contributed by atoms with Crippen LogP contribution < -0.4 is 11.1 Å². The van der Waals surface area contributed by atoms with Gasteiger partial charge in [0.25, 0.3) is 0 Å². The molecule has 0 radical (unpaired) electrons. The van der Waals surface area contributed by atoms with E-state index in [1.807, 2.05) is 44.2 Å². The number of hydrogen-bond donors (Lipinski definition) is 2. The third-order valence-electron chi connectivity index (χ3n) is 3.51. The lowest BCUT2D eigenvalue weighted by Gasteiger charge is -2.29. The molecule has 0 aromatic heterocycles. The Kier molecular flexibility index (Phi) is 7.05. The summed E-state index contributed by atoms with van der Waals surface area (Å²) in [5.74, 6) is -0.0505. The van der Waals surface area contributed by atoms with Gasteiger partial charge in [-0.3, -0.25) is 9.59 Å². The number of rotatable bonds is 8. The Hall–Kier alpha value is -1.88. The molecule has 5 nitrogen and oxygen atoms in total. The maximum Gasteiger partial charge on any atom is 0.224 e. The highest BCUT2D eigenvalue weighted by Gasteiger charge is 2.20. The van der Waals surface area contributed by atoms with Crippen LogP contribution in [0.3, 0.4) is 0 Å². The summed E-state index contributed by atoms with van der Waals surface area (Å²) >= 11 is 0. The highest BCUT2D eigenvalue weighted by molar-refractivity contribution is 5.80. The van der Waals surface area contributed by atoms with Gasteiger partial charge in [-0.05, 0) is 17.5 Å². The van der Waals surface area contributed by atoms with Gasteiger partial charge in [-0.1, -0.05) is 44.2 Å². The van der Waals surface area contributed by atoms with Crippen molar-refractivity contribution in [2.45, 2.75) is 26.7 Å². The van der Waals surface area contributed by atoms with Crippen LogP contribution in [0.4, 0.5) is 0 Å². The first kappa shape index (κ1) is 18.2. The second kappa shape index (κ2) is 8.54. The number of carbonyl (C=O) groups is 2. The Bertz CT molecular complexity index is 486. The van der Waals surface area contributed by atoms with Crippen molar-refractivity contribution in [3.63, 3.8) is 0 Å². The van der Waals surface area contributed by atoms with Gasteiger partial charge in [0.05, 0.1) is 6.42 Å². The van der Waals surface area contributed by atoms with E-state index in [4.69, 9.17) is 5.73 Å². The number of nitrogens with zero attached hydrogens (tertiary/aromatic N) is 1. The minimum absolute atomic E-state index is 0.0153. The molecule has 0 heterocycles. The van der Waals surface area contributed by atoms with Gasteiger partial charge in [0.2, 0.25) is 11.8 Å². The number of nitrogens with one attached hydrogen (secondary N) is 1. The van der Waals surface area contributed by atoms with Crippen molar-refractivity contribution >= 4 is 11.8 Å². The average molecular weight is 305 g/mol. The van der Waals surface area contributed by atoms with Crippen molar-refractivity contribution in [2.24, 2.45) is 11.1 Å². The monoisotopic (exact) mass is 305 g/mol. The summed E-state index contributed by atoms with van der Waals surface area (Å²) < 4.78 is 0. The first-order valence-corrected chi connectivity index (χ1v) is 7.59. The first-order valence-electron chi connectivity index (χ1n) is 7.59. The van der Waals surface area contributed by atoms with Crippen molar-refractivity contribution in [1.82, 2.24) is 10.2 Å². The lowest BCUT2D eigenvalue weighted by atomic mass is 9.93. The fourth-order valence-corrected chi connectivity index (χ4v) is 2.14. The zero-order chi connectivity index (χ0) is 16.6. The number of hydrogen-bond acceptors (Lipinski definition) is 3. The Morgan fingerprint density at radius 3 is 2.45 bits per heavy atom. The van der Waals surface area contributed by atoms with Gasteiger partial charge in [-0.15, -0.1) is 0 Å². The van der Waals surface area contributed by atoms with E-state index in [9.17, 15) is 9.59 Å². The SMILES string of the molecule is CN(CC(C)(C)CN)C(=O)CCNC(=O)Cc1ccccc1. The average Bonchev–Trinajstić information content (AvgIpc) is 2.47. The molecule has 22 heavy (non-hydrogen) atoms. The lowest BCUT2D eigenvalue weighted by Crippen LogP contribution is -2.40. The maximum atomic E-state index is 12.0. The molecular weight excluding hydrogens is 278 g/mol. The summed E-state index contributed by atoms with van der Waals surface area (Å²) in [4.78, 5) is 25.5. The van der Waals surface area contributed by atoms with Gasteiger partial charge in [0.15, 0.2) is 0 Å². The lowest BCUT2D eigenvalue weighted by molar-refractivity contribution is -0.131. The van der Waals surface area contributed by atoms with E-state index >= 15 is 0 Å². The molecule has 0 saturated heterocycles. The molecule has 1 rings (SSSR count). The third kappa shape index (κ3) is 6.72. The Labute approximate surface area is 132 Å². The van der Waals surface area contributed by atoms with Crippen molar-refractivity contribution in [3.8, 4) is 0 Å². The smallest absolute Gasteiger partial charge is 0.224 e. The molecular formula is C17H27N3O2. The topological polar surface area (TPSA) is 75.4 Å². The molecule has 0 aliphatic carbocycles. The van der Waals surface area contributed by atoms with Crippen molar-refractivity contribution in [2.75, 3.05) is 26.7 Å². The predicted octanol–water partition coefficient (Wildman–Crippen LogP) is 1.18. The molecule has 0 unspecified atom stereocenters. The van der Waals surface area contributed by atoms with Crippen molar-refractivity contribution in [1.29, 1.82) is 0 Å². The predicted molar refractivity (Wildman–Crippen MR) is 88.2 cm³/mol. The zero-order valence-electron chi connectivity index (χ0n) is 13.8. The van der Waals surface area contributed by atoms with Crippen LogP contribution in [0, 0.1) is 5.41 Å². The van der Waals surface area contributed by atoms with Gasteiger partial charge in [0, 0.05) is 26.6 Å². The van der Waals surface area contributed by atoms with Crippen LogP contribution in [0.5, 0.6) is 0 Å². The van der Waals surface area contributed by atoms with E-state index in [1.165, 1.54) is 0 Å². The minimum atomic E-state index is -0.0963. The van der Waals surface area contributed by atoms with E-state index in [0.717, 1.165) is 5.56 Å². The fraction of sp³-hybridized carbons (Fsp3) is 0.529. The summed E-state index contributed by atoms with van der Waals surface area (Å²) in [6.45, 7) is 5.55. The zero-order valence-corrected chi connectivity index (χ0v) is 13.8. The second-order valence-corrected chi connectivity index (χ2v) is 6.38. The number of carbonyl (C=O) groups excluding carboxylic acids is 2. The molecule has 5 heteroatoms. The summed E-state index contributed by atoms with van der Waals surface area (Å²) in [5, 5.41) is 2.78. The van der Waals surface area contributed by atoms with Crippen LogP contribution in [-0.2, 0) is 16.0 Å². The molecule has 0 saturated carbocycles. The van der Waals surface area contributed by atoms with Gasteiger partial charge >= 0.3 is 0 Å². The fourth-order valence-electron chi connectivity index (χ4n) is 2.14. The maximum absolute atomic E-state index is 12.0. The standard InChI is InChI=1S/C17H27N3O2/c1-17(2,12-18)13-20(3)16(22)9-10-19-15(21)11-14-7-5-4-6-8-14/h4-8H,9-13,18H2,1-3H3,(H,19,21). The van der Waals surface area contributed by atoms with Crippen molar-refractivity contribution < 1.29 is 9.59 Å².